The van der Waals surface area contributed by atoms with E-state index in [0.717, 1.165) is 17.1 Å². The fourth-order valence-corrected chi connectivity index (χ4v) is 2.96. The molecule has 0 atom stereocenters. The zero-order valence-corrected chi connectivity index (χ0v) is 14.0. The molecule has 6 nitrogen and oxygen atoms in total. The number of aromatic nitrogens is 4. The summed E-state index contributed by atoms with van der Waals surface area (Å²) in [6.45, 7) is 4.12. The molecule has 124 valence electrons. The molecular formula is C19H17N5O. The average molecular weight is 331 g/mol. The second kappa shape index (κ2) is 5.90. The largest absolute Gasteiger partial charge is 0.319 e. The van der Waals surface area contributed by atoms with Crippen LogP contribution in [0.2, 0.25) is 0 Å². The van der Waals surface area contributed by atoms with Crippen molar-refractivity contribution in [2.24, 2.45) is 0 Å². The van der Waals surface area contributed by atoms with E-state index in [1.807, 2.05) is 24.3 Å². The molecule has 0 unspecified atom stereocenters. The van der Waals surface area contributed by atoms with Gasteiger partial charge in [-0.15, -0.1) is 0 Å². The molecule has 0 bridgehead atoms. The highest BCUT2D eigenvalue weighted by Crippen LogP contribution is 2.17. The molecule has 0 spiro atoms. The smallest absolute Gasteiger partial charge is 0.256 e. The Hall–Kier alpha value is -3.41. The molecule has 3 aromatic heterocycles. The summed E-state index contributed by atoms with van der Waals surface area (Å²) in [4.78, 5) is 16.7. The average Bonchev–Trinajstić information content (AvgIpc) is 3.22. The van der Waals surface area contributed by atoms with Gasteiger partial charge < -0.3 is 9.88 Å². The van der Waals surface area contributed by atoms with E-state index in [1.54, 1.807) is 29.0 Å². The summed E-state index contributed by atoms with van der Waals surface area (Å²) in [6, 6.07) is 15.2. The third-order valence-electron chi connectivity index (χ3n) is 4.19. The lowest BCUT2D eigenvalue weighted by atomic mass is 10.2. The Balaban J connectivity index is 1.60. The molecule has 0 radical (unpaired) electrons. The molecule has 0 aliphatic rings. The molecule has 1 amide bonds. The summed E-state index contributed by atoms with van der Waals surface area (Å²) in [5.74, 6) is 0.400. The normalized spacial score (nSPS) is 11.0. The maximum Gasteiger partial charge on any atom is 0.256 e. The van der Waals surface area contributed by atoms with Crippen molar-refractivity contribution in [1.82, 2.24) is 19.2 Å². The van der Waals surface area contributed by atoms with Crippen molar-refractivity contribution in [3.05, 3.63) is 77.9 Å². The standard InChI is InChI=1S/C19H17N5O/c1-13-3-4-14(2)23(13)16-7-5-15(6-8-16)19(25)22-18-9-11-20-17-10-12-21-24(17)18/h3-12H,1-2H3,(H,22,25). The van der Waals surface area contributed by atoms with E-state index < -0.39 is 0 Å². The van der Waals surface area contributed by atoms with Gasteiger partial charge in [-0.2, -0.15) is 9.61 Å². The molecule has 3 heterocycles. The Labute approximate surface area is 144 Å². The van der Waals surface area contributed by atoms with Crippen molar-refractivity contribution in [1.29, 1.82) is 0 Å². The molecule has 0 aliphatic carbocycles. The van der Waals surface area contributed by atoms with Crippen LogP contribution in [0.3, 0.4) is 0 Å². The van der Waals surface area contributed by atoms with Gasteiger partial charge in [-0.05, 0) is 56.3 Å². The van der Waals surface area contributed by atoms with Crippen LogP contribution in [0.25, 0.3) is 11.3 Å². The summed E-state index contributed by atoms with van der Waals surface area (Å²) in [7, 11) is 0. The maximum absolute atomic E-state index is 12.5. The molecule has 0 saturated heterocycles. The third kappa shape index (κ3) is 2.67. The molecule has 1 N–H and O–H groups in total. The van der Waals surface area contributed by atoms with E-state index in [1.165, 1.54) is 0 Å². The first-order valence-corrected chi connectivity index (χ1v) is 7.99. The number of nitrogens with one attached hydrogen (secondary N) is 1. The number of carbonyl (C=O) groups excluding carboxylic acids is 1. The number of fused-ring (bicyclic) bond motifs is 1. The number of hydrogen-bond donors (Lipinski definition) is 1. The highest BCUT2D eigenvalue weighted by atomic mass is 16.1. The number of nitrogens with zero attached hydrogens (tertiary/aromatic N) is 4. The van der Waals surface area contributed by atoms with E-state index in [2.05, 4.69) is 45.9 Å². The zero-order valence-electron chi connectivity index (χ0n) is 14.0. The second-order valence-corrected chi connectivity index (χ2v) is 5.88. The predicted molar refractivity (Wildman–Crippen MR) is 96.2 cm³/mol. The topological polar surface area (TPSA) is 64.2 Å². The number of aryl methyl sites for hydroxylation is 2. The van der Waals surface area contributed by atoms with Gasteiger partial charge in [0.15, 0.2) is 5.65 Å². The number of amides is 1. The van der Waals surface area contributed by atoms with Gasteiger partial charge in [0.1, 0.15) is 5.82 Å². The quantitative estimate of drug-likeness (QED) is 0.626. The lowest BCUT2D eigenvalue weighted by Crippen LogP contribution is -2.15. The van der Waals surface area contributed by atoms with E-state index in [0.29, 0.717) is 17.0 Å². The SMILES string of the molecule is Cc1ccc(C)n1-c1ccc(C(=O)Nc2ccnc3ccnn23)cc1. The Bertz CT molecular complexity index is 1040. The molecular weight excluding hydrogens is 314 g/mol. The summed E-state index contributed by atoms with van der Waals surface area (Å²) in [5, 5.41) is 7.05. The van der Waals surface area contributed by atoms with Crippen molar-refractivity contribution in [3.8, 4) is 5.69 Å². The molecule has 0 fully saturated rings. The van der Waals surface area contributed by atoms with Gasteiger partial charge in [-0.25, -0.2) is 4.98 Å². The van der Waals surface area contributed by atoms with Crippen molar-refractivity contribution >= 4 is 17.4 Å². The van der Waals surface area contributed by atoms with E-state index in [4.69, 9.17) is 0 Å². The van der Waals surface area contributed by atoms with Crippen molar-refractivity contribution in [2.45, 2.75) is 13.8 Å². The van der Waals surface area contributed by atoms with Crippen molar-refractivity contribution in [2.75, 3.05) is 5.32 Å². The number of rotatable bonds is 3. The van der Waals surface area contributed by atoms with E-state index in [9.17, 15) is 4.79 Å². The van der Waals surface area contributed by atoms with Crippen LogP contribution < -0.4 is 5.32 Å². The van der Waals surface area contributed by atoms with Crippen LogP contribution in [0, 0.1) is 13.8 Å². The first-order valence-electron chi connectivity index (χ1n) is 7.99. The van der Waals surface area contributed by atoms with E-state index in [-0.39, 0.29) is 5.91 Å². The molecule has 25 heavy (non-hydrogen) atoms. The minimum absolute atomic E-state index is 0.185. The number of hydrogen-bond acceptors (Lipinski definition) is 3. The van der Waals surface area contributed by atoms with Crippen molar-refractivity contribution in [3.63, 3.8) is 0 Å². The van der Waals surface area contributed by atoms with Gasteiger partial charge in [0.2, 0.25) is 0 Å². The highest BCUT2D eigenvalue weighted by Gasteiger charge is 2.10. The lowest BCUT2D eigenvalue weighted by molar-refractivity contribution is 0.102. The minimum Gasteiger partial charge on any atom is -0.319 e. The van der Waals surface area contributed by atoms with Crippen LogP contribution >= 0.6 is 0 Å². The Morgan fingerprint density at radius 2 is 1.64 bits per heavy atom. The molecule has 0 aliphatic heterocycles. The van der Waals surface area contributed by atoms with Crippen LogP contribution in [0.5, 0.6) is 0 Å². The Morgan fingerprint density at radius 3 is 2.36 bits per heavy atom. The monoisotopic (exact) mass is 331 g/mol. The number of benzene rings is 1. The predicted octanol–water partition coefficient (Wildman–Crippen LogP) is 3.39. The number of carbonyl (C=O) groups is 1. The van der Waals surface area contributed by atoms with Crippen LogP contribution in [0.15, 0.2) is 60.9 Å². The zero-order chi connectivity index (χ0) is 17.4. The first kappa shape index (κ1) is 15.1. The molecule has 6 heteroatoms. The van der Waals surface area contributed by atoms with Gasteiger partial charge in [0.25, 0.3) is 5.91 Å². The van der Waals surface area contributed by atoms with Crippen molar-refractivity contribution < 1.29 is 4.79 Å². The fourth-order valence-electron chi connectivity index (χ4n) is 2.96. The van der Waals surface area contributed by atoms with Gasteiger partial charge >= 0.3 is 0 Å². The molecule has 0 saturated carbocycles. The molecule has 1 aromatic carbocycles. The van der Waals surface area contributed by atoms with E-state index >= 15 is 0 Å². The highest BCUT2D eigenvalue weighted by molar-refractivity contribution is 6.04. The van der Waals surface area contributed by atoms with Gasteiger partial charge in [0, 0.05) is 34.9 Å². The van der Waals surface area contributed by atoms with Gasteiger partial charge in [-0.3, -0.25) is 4.79 Å². The van der Waals surface area contributed by atoms with Crippen LogP contribution in [0.1, 0.15) is 21.7 Å². The Kier molecular flexibility index (Phi) is 3.57. The maximum atomic E-state index is 12.5. The summed E-state index contributed by atoms with van der Waals surface area (Å²) < 4.78 is 3.75. The first-order chi connectivity index (χ1) is 12.1. The van der Waals surface area contributed by atoms with Crippen LogP contribution in [-0.4, -0.2) is 25.1 Å². The summed E-state index contributed by atoms with van der Waals surface area (Å²) >= 11 is 0. The molecule has 4 aromatic rings. The summed E-state index contributed by atoms with van der Waals surface area (Å²) in [6.07, 6.45) is 3.29. The lowest BCUT2D eigenvalue weighted by Gasteiger charge is -2.11. The Morgan fingerprint density at radius 1 is 0.920 bits per heavy atom. The van der Waals surface area contributed by atoms with Crippen LogP contribution in [0.4, 0.5) is 5.82 Å². The fraction of sp³-hybridized carbons (Fsp3) is 0.105. The summed E-state index contributed by atoms with van der Waals surface area (Å²) in [5.41, 5.74) is 4.63. The third-order valence-corrected chi connectivity index (χ3v) is 4.19. The molecule has 4 rings (SSSR count). The number of anilines is 1. The van der Waals surface area contributed by atoms with Crippen LogP contribution in [-0.2, 0) is 0 Å². The van der Waals surface area contributed by atoms with Gasteiger partial charge in [-0.1, -0.05) is 0 Å². The van der Waals surface area contributed by atoms with Gasteiger partial charge in [0.05, 0.1) is 6.20 Å². The second-order valence-electron chi connectivity index (χ2n) is 5.88. The minimum atomic E-state index is -0.185.